The molecule has 45 valence electrons. The second kappa shape index (κ2) is 2.03. The Kier molecular flexibility index (Phi) is 1.37. The van der Waals surface area contributed by atoms with Gasteiger partial charge in [0.05, 0.1) is 6.04 Å². The highest BCUT2D eigenvalue weighted by molar-refractivity contribution is 5.69. The maximum absolute atomic E-state index is 10.3. The van der Waals surface area contributed by atoms with Gasteiger partial charge in [-0.05, 0) is 6.42 Å². The molecule has 0 aromatic carbocycles. The first-order valence-corrected chi connectivity index (χ1v) is 2.55. The summed E-state index contributed by atoms with van der Waals surface area (Å²) in [5, 5.41) is 2.59. The Bertz CT molecular complexity index is 103. The Balaban J connectivity index is 2.32. The van der Waals surface area contributed by atoms with Crippen LogP contribution in [0.2, 0.25) is 0 Å². The normalized spacial score (nSPS) is 27.1. The lowest BCUT2D eigenvalue weighted by Gasteiger charge is -1.97. The number of ether oxygens (including phenoxy) is 1. The van der Waals surface area contributed by atoms with Gasteiger partial charge in [0.15, 0.2) is 0 Å². The predicted molar refractivity (Wildman–Crippen MR) is 28.2 cm³/mol. The summed E-state index contributed by atoms with van der Waals surface area (Å²) in [6.07, 6.45) is 1.58. The van der Waals surface area contributed by atoms with Crippen LogP contribution in [0.1, 0.15) is 6.92 Å². The second-order valence-electron chi connectivity index (χ2n) is 1.68. The fourth-order valence-corrected chi connectivity index (χ4v) is 0.580. The Morgan fingerprint density at radius 1 is 2.00 bits per heavy atom. The number of amides is 1. The van der Waals surface area contributed by atoms with E-state index < -0.39 is 0 Å². The molecule has 0 bridgehead atoms. The number of alkyl carbamates (subject to hydrolysis) is 1. The molecule has 1 aliphatic rings. The summed E-state index contributed by atoms with van der Waals surface area (Å²) in [5.74, 6) is 0. The van der Waals surface area contributed by atoms with E-state index in [1.54, 1.807) is 0 Å². The molecule has 1 saturated heterocycles. The van der Waals surface area contributed by atoms with Gasteiger partial charge in [-0.25, -0.2) is 4.79 Å². The molecule has 0 spiro atoms. The summed E-state index contributed by atoms with van der Waals surface area (Å²) < 4.78 is 4.58. The highest BCUT2D eigenvalue weighted by atomic mass is 16.6. The van der Waals surface area contributed by atoms with E-state index in [0.717, 1.165) is 0 Å². The van der Waals surface area contributed by atoms with E-state index in [2.05, 4.69) is 10.1 Å². The first kappa shape index (κ1) is 5.41. The lowest BCUT2D eigenvalue weighted by Crippen LogP contribution is -2.25. The molecule has 1 amide bonds. The van der Waals surface area contributed by atoms with Crippen molar-refractivity contribution >= 4 is 6.09 Å². The molecule has 1 heterocycles. The molecule has 0 aliphatic carbocycles. The lowest BCUT2D eigenvalue weighted by molar-refractivity contribution is 0.177. The minimum atomic E-state index is -0.312. The van der Waals surface area contributed by atoms with Crippen molar-refractivity contribution in [1.82, 2.24) is 5.32 Å². The van der Waals surface area contributed by atoms with Gasteiger partial charge >= 0.3 is 6.09 Å². The Morgan fingerprint density at radius 2 is 2.75 bits per heavy atom. The van der Waals surface area contributed by atoms with Crippen LogP contribution >= 0.6 is 0 Å². The number of cyclic esters (lactones) is 1. The summed E-state index contributed by atoms with van der Waals surface area (Å²) in [6, 6.07) is 0.127. The molecular formula is C5H8NO2. The molecule has 1 radical (unpaired) electrons. The maximum Gasteiger partial charge on any atom is 0.407 e. The number of hydrogen-bond acceptors (Lipinski definition) is 2. The third-order valence-electron chi connectivity index (χ3n) is 1.10. The third kappa shape index (κ3) is 0.911. The van der Waals surface area contributed by atoms with Gasteiger partial charge in [-0.1, -0.05) is 6.92 Å². The predicted octanol–water partition coefficient (Wildman–Crippen LogP) is 0.319. The number of rotatable bonds is 1. The first-order chi connectivity index (χ1) is 3.83. The van der Waals surface area contributed by atoms with Crippen molar-refractivity contribution in [3.63, 3.8) is 0 Å². The zero-order valence-corrected chi connectivity index (χ0v) is 4.68. The van der Waals surface area contributed by atoms with Crippen LogP contribution in [0.3, 0.4) is 0 Å². The summed E-state index contributed by atoms with van der Waals surface area (Å²) in [6.45, 7) is 2.37. The molecular weight excluding hydrogens is 106 g/mol. The molecule has 1 unspecified atom stereocenters. The van der Waals surface area contributed by atoms with Gasteiger partial charge in [0.1, 0.15) is 6.61 Å². The molecule has 1 rings (SSSR count). The fraction of sp³-hybridized carbons (Fsp3) is 0.600. The van der Waals surface area contributed by atoms with Gasteiger partial charge in [0, 0.05) is 0 Å². The van der Waals surface area contributed by atoms with Crippen LogP contribution in [0.4, 0.5) is 4.79 Å². The first-order valence-electron chi connectivity index (χ1n) is 2.55. The quantitative estimate of drug-likeness (QED) is 0.533. The van der Waals surface area contributed by atoms with Crippen molar-refractivity contribution in [2.45, 2.75) is 13.0 Å². The molecule has 1 N–H and O–H groups in total. The van der Waals surface area contributed by atoms with E-state index in [9.17, 15) is 4.79 Å². The minimum Gasteiger partial charge on any atom is -0.447 e. The smallest absolute Gasteiger partial charge is 0.407 e. The van der Waals surface area contributed by atoms with Crippen LogP contribution in [-0.4, -0.2) is 18.7 Å². The lowest BCUT2D eigenvalue weighted by atomic mass is 10.3. The van der Waals surface area contributed by atoms with E-state index in [4.69, 9.17) is 0 Å². The van der Waals surface area contributed by atoms with Gasteiger partial charge < -0.3 is 10.1 Å². The molecule has 3 nitrogen and oxygen atoms in total. The molecule has 8 heavy (non-hydrogen) atoms. The summed E-state index contributed by atoms with van der Waals surface area (Å²) in [7, 11) is 0. The van der Waals surface area contributed by atoms with E-state index in [-0.39, 0.29) is 12.1 Å². The average Bonchev–Trinajstić information content (AvgIpc) is 2.14. The van der Waals surface area contributed by atoms with Crippen LogP contribution in [-0.2, 0) is 4.74 Å². The Hall–Kier alpha value is -0.730. The highest BCUT2D eigenvalue weighted by Crippen LogP contribution is 1.98. The van der Waals surface area contributed by atoms with Gasteiger partial charge in [0.25, 0.3) is 0 Å². The molecule has 3 heteroatoms. The van der Waals surface area contributed by atoms with Gasteiger partial charge in [-0.15, -0.1) is 0 Å². The van der Waals surface area contributed by atoms with Gasteiger partial charge in [0.2, 0.25) is 0 Å². The molecule has 0 aromatic rings. The Morgan fingerprint density at radius 3 is 3.00 bits per heavy atom. The molecule has 1 fully saturated rings. The largest absolute Gasteiger partial charge is 0.447 e. The zero-order chi connectivity index (χ0) is 5.98. The third-order valence-corrected chi connectivity index (χ3v) is 1.10. The topological polar surface area (TPSA) is 38.3 Å². The van der Waals surface area contributed by atoms with E-state index in [0.29, 0.717) is 6.61 Å². The number of nitrogens with one attached hydrogen (secondary N) is 1. The Labute approximate surface area is 48.0 Å². The number of carbonyl (C=O) groups excluding carboxylic acids is 1. The van der Waals surface area contributed by atoms with Crippen molar-refractivity contribution in [1.29, 1.82) is 0 Å². The van der Waals surface area contributed by atoms with Crippen molar-refractivity contribution in [3.05, 3.63) is 6.42 Å². The van der Waals surface area contributed by atoms with E-state index >= 15 is 0 Å². The van der Waals surface area contributed by atoms with Crippen molar-refractivity contribution in [2.75, 3.05) is 6.61 Å². The number of hydrogen-bond donors (Lipinski definition) is 1. The van der Waals surface area contributed by atoms with Gasteiger partial charge in [-0.2, -0.15) is 0 Å². The summed E-state index contributed by atoms with van der Waals surface area (Å²) in [4.78, 5) is 10.3. The molecule has 1 aliphatic heterocycles. The van der Waals surface area contributed by atoms with Crippen LogP contribution < -0.4 is 5.32 Å². The maximum atomic E-state index is 10.3. The van der Waals surface area contributed by atoms with E-state index in [1.165, 1.54) is 0 Å². The second-order valence-corrected chi connectivity index (χ2v) is 1.68. The van der Waals surface area contributed by atoms with Crippen molar-refractivity contribution < 1.29 is 9.53 Å². The van der Waals surface area contributed by atoms with Crippen LogP contribution in [0.5, 0.6) is 0 Å². The van der Waals surface area contributed by atoms with Crippen molar-refractivity contribution in [3.8, 4) is 0 Å². The highest BCUT2D eigenvalue weighted by Gasteiger charge is 2.19. The number of carbonyl (C=O) groups is 1. The molecule has 0 saturated carbocycles. The standard InChI is InChI=1S/C5H8NO2/c1-2-4-3-8-5(7)6-4/h2,4H,3H2,1H3,(H,6,7). The van der Waals surface area contributed by atoms with Crippen molar-refractivity contribution in [2.24, 2.45) is 0 Å². The molecule has 1 atom stereocenters. The van der Waals surface area contributed by atoms with Gasteiger partial charge in [-0.3, -0.25) is 0 Å². The van der Waals surface area contributed by atoms with Crippen LogP contribution in [0.25, 0.3) is 0 Å². The SMILES string of the molecule is C[CH]C1COC(=O)N1. The average molecular weight is 114 g/mol. The summed E-state index contributed by atoms with van der Waals surface area (Å²) in [5.41, 5.74) is 0. The molecule has 0 aromatic heterocycles. The van der Waals surface area contributed by atoms with Crippen LogP contribution in [0, 0.1) is 6.42 Å². The minimum absolute atomic E-state index is 0.127. The summed E-state index contributed by atoms with van der Waals surface area (Å²) >= 11 is 0. The fourth-order valence-electron chi connectivity index (χ4n) is 0.580. The monoisotopic (exact) mass is 114 g/mol. The van der Waals surface area contributed by atoms with E-state index in [1.807, 2.05) is 13.3 Å². The van der Waals surface area contributed by atoms with Crippen LogP contribution in [0.15, 0.2) is 0 Å². The zero-order valence-electron chi connectivity index (χ0n) is 4.68.